The Morgan fingerprint density at radius 2 is 1.96 bits per heavy atom. The van der Waals surface area contributed by atoms with Gasteiger partial charge in [0.25, 0.3) is 0 Å². The fourth-order valence-corrected chi connectivity index (χ4v) is 4.88. The maximum Gasteiger partial charge on any atom is 0.0691 e. The van der Waals surface area contributed by atoms with E-state index in [1.54, 1.807) is 11.3 Å². The second kappa shape index (κ2) is 7.70. The van der Waals surface area contributed by atoms with Crippen LogP contribution in [0.4, 0.5) is 0 Å². The van der Waals surface area contributed by atoms with E-state index < -0.39 is 0 Å². The maximum absolute atomic E-state index is 9.16. The molecule has 3 saturated heterocycles. The smallest absolute Gasteiger partial charge is 0.0691 e. The normalized spacial score (nSPS) is 24.9. The van der Waals surface area contributed by atoms with E-state index in [4.69, 9.17) is 10.6 Å². The maximum atomic E-state index is 9.16. The molecule has 2 bridgehead atoms. The van der Waals surface area contributed by atoms with Crippen molar-refractivity contribution in [3.63, 3.8) is 0 Å². The zero-order valence-electron chi connectivity index (χ0n) is 14.7. The van der Waals surface area contributed by atoms with Gasteiger partial charge in [0.2, 0.25) is 0 Å². The number of fused-ring (bicyclic) bond motifs is 3. The van der Waals surface area contributed by atoms with Crippen molar-refractivity contribution >= 4 is 17.4 Å². The van der Waals surface area contributed by atoms with Crippen LogP contribution in [0.2, 0.25) is 0 Å². The van der Waals surface area contributed by atoms with Gasteiger partial charge >= 0.3 is 0 Å². The molecule has 26 heavy (non-hydrogen) atoms. The van der Waals surface area contributed by atoms with Gasteiger partial charge in [0, 0.05) is 22.5 Å². The van der Waals surface area contributed by atoms with Crippen molar-refractivity contribution in [2.24, 2.45) is 11.1 Å². The molecule has 3 fully saturated rings. The average Bonchev–Trinajstić information content (AvgIpc) is 3.18. The summed E-state index contributed by atoms with van der Waals surface area (Å²) in [5.74, 6) is 0.655. The molecule has 0 aliphatic carbocycles. The van der Waals surface area contributed by atoms with Crippen LogP contribution in [-0.4, -0.2) is 40.7 Å². The van der Waals surface area contributed by atoms with E-state index in [1.807, 2.05) is 35.5 Å². The Hall–Kier alpha value is -2.02. The molecule has 1 unspecified atom stereocenters. The van der Waals surface area contributed by atoms with Crippen LogP contribution in [0.25, 0.3) is 16.5 Å². The van der Waals surface area contributed by atoms with Crippen LogP contribution in [0.1, 0.15) is 23.3 Å². The van der Waals surface area contributed by atoms with Gasteiger partial charge in [0.1, 0.15) is 0 Å². The minimum Gasteiger partial charge on any atom is -0.392 e. The number of hydrogen-bond donors (Lipinski definition) is 2. The first-order valence-corrected chi connectivity index (χ1v) is 9.95. The number of thiophene rings is 1. The van der Waals surface area contributed by atoms with E-state index in [2.05, 4.69) is 28.3 Å². The Morgan fingerprint density at radius 1 is 1.19 bits per heavy atom. The summed E-state index contributed by atoms with van der Waals surface area (Å²) in [4.78, 5) is 4.84. The molecule has 4 heterocycles. The molecule has 2 N–H and O–H groups in total. The Kier molecular flexibility index (Phi) is 5.15. The van der Waals surface area contributed by atoms with Gasteiger partial charge in [-0.25, -0.2) is 0 Å². The standard InChI is InChI=1S/C20H24N4OS/c21-22-24(19-13-23-10-7-16(19)8-11-23)12-9-18-5-6-20(26-18)17-3-1-15(14-25)2-4-17/h1-6,9,12,16,19,21,25H,7-8,10-11,13-14H2/b12-9+,22-21?. The third kappa shape index (κ3) is 3.58. The molecular formula is C20H24N4OS. The molecule has 1 atom stereocenters. The molecule has 136 valence electrons. The van der Waals surface area contributed by atoms with Crippen LogP contribution in [0, 0.1) is 11.4 Å². The number of benzene rings is 1. The fraction of sp³-hybridized carbons (Fsp3) is 0.400. The Labute approximate surface area is 158 Å². The highest BCUT2D eigenvalue weighted by Crippen LogP contribution is 2.32. The minimum absolute atomic E-state index is 0.0742. The van der Waals surface area contributed by atoms with E-state index in [0.29, 0.717) is 12.0 Å². The van der Waals surface area contributed by atoms with Gasteiger partial charge in [-0.05, 0) is 61.2 Å². The van der Waals surface area contributed by atoms with Crippen molar-refractivity contribution in [3.05, 3.63) is 53.0 Å². The largest absolute Gasteiger partial charge is 0.392 e. The van der Waals surface area contributed by atoms with E-state index >= 15 is 0 Å². The minimum atomic E-state index is 0.0742. The number of nitrogens with zero attached hydrogens (tertiary/aromatic N) is 3. The predicted molar refractivity (Wildman–Crippen MR) is 105 cm³/mol. The highest BCUT2D eigenvalue weighted by atomic mass is 32.1. The molecule has 5 rings (SSSR count). The first kappa shape index (κ1) is 17.4. The lowest BCUT2D eigenvalue weighted by atomic mass is 9.84. The molecule has 0 spiro atoms. The van der Waals surface area contributed by atoms with Crippen LogP contribution in [0.3, 0.4) is 0 Å². The van der Waals surface area contributed by atoms with Gasteiger partial charge in [0.15, 0.2) is 0 Å². The number of rotatable bonds is 6. The lowest BCUT2D eigenvalue weighted by Gasteiger charge is -2.46. The first-order chi connectivity index (χ1) is 12.8. The number of piperidine rings is 3. The molecule has 3 aliphatic heterocycles. The summed E-state index contributed by atoms with van der Waals surface area (Å²) in [6.07, 6.45) is 6.46. The van der Waals surface area contributed by atoms with Crippen LogP contribution in [0.5, 0.6) is 0 Å². The van der Waals surface area contributed by atoms with Crippen LogP contribution in [0.15, 0.2) is 47.8 Å². The lowest BCUT2D eigenvalue weighted by molar-refractivity contribution is 0.0225. The van der Waals surface area contributed by atoms with Crippen molar-refractivity contribution in [2.75, 3.05) is 19.6 Å². The third-order valence-corrected chi connectivity index (χ3v) is 6.62. The van der Waals surface area contributed by atoms with Crippen molar-refractivity contribution < 1.29 is 5.11 Å². The van der Waals surface area contributed by atoms with Crippen molar-refractivity contribution in [3.8, 4) is 10.4 Å². The summed E-state index contributed by atoms with van der Waals surface area (Å²) in [5.41, 5.74) is 9.67. The van der Waals surface area contributed by atoms with Crippen LogP contribution >= 0.6 is 11.3 Å². The lowest BCUT2D eigenvalue weighted by Crippen LogP contribution is -2.54. The van der Waals surface area contributed by atoms with Crippen molar-refractivity contribution in [2.45, 2.75) is 25.5 Å². The SMILES string of the molecule is N=NN(/C=C/c1ccc(-c2ccc(CO)cc2)s1)C1CN2CCC1CC2. The first-order valence-electron chi connectivity index (χ1n) is 9.13. The van der Waals surface area contributed by atoms with Crippen molar-refractivity contribution in [1.82, 2.24) is 9.91 Å². The van der Waals surface area contributed by atoms with E-state index in [1.165, 1.54) is 30.8 Å². The molecule has 3 aliphatic rings. The number of aliphatic hydroxyl groups excluding tert-OH is 1. The molecule has 1 aromatic heterocycles. The van der Waals surface area contributed by atoms with Gasteiger partial charge in [-0.3, -0.25) is 5.01 Å². The Balaban J connectivity index is 1.46. The average molecular weight is 369 g/mol. The van der Waals surface area contributed by atoms with E-state index in [-0.39, 0.29) is 6.61 Å². The van der Waals surface area contributed by atoms with Gasteiger partial charge < -0.3 is 10.0 Å². The summed E-state index contributed by atoms with van der Waals surface area (Å²) in [5, 5.41) is 14.8. The van der Waals surface area contributed by atoms with Gasteiger partial charge in [0.05, 0.1) is 12.6 Å². The van der Waals surface area contributed by atoms with Gasteiger partial charge in [-0.15, -0.1) is 11.3 Å². The summed E-state index contributed by atoms with van der Waals surface area (Å²) in [7, 11) is 0. The Bertz CT molecular complexity index is 777. The second-order valence-corrected chi connectivity index (χ2v) is 8.17. The highest BCUT2D eigenvalue weighted by molar-refractivity contribution is 7.16. The molecule has 0 radical (unpaired) electrons. The summed E-state index contributed by atoms with van der Waals surface area (Å²) < 4.78 is 0. The molecule has 0 amide bonds. The van der Waals surface area contributed by atoms with E-state index in [0.717, 1.165) is 22.5 Å². The zero-order valence-corrected chi connectivity index (χ0v) is 15.5. The van der Waals surface area contributed by atoms with Crippen LogP contribution < -0.4 is 0 Å². The molecular weight excluding hydrogens is 344 g/mol. The molecule has 0 saturated carbocycles. The fourth-order valence-electron chi connectivity index (χ4n) is 3.97. The highest BCUT2D eigenvalue weighted by Gasteiger charge is 2.36. The predicted octanol–water partition coefficient (Wildman–Crippen LogP) is 4.22. The molecule has 1 aromatic carbocycles. The van der Waals surface area contributed by atoms with Gasteiger partial charge in [-0.1, -0.05) is 29.5 Å². The molecule has 2 aromatic rings. The second-order valence-electron chi connectivity index (χ2n) is 7.06. The zero-order chi connectivity index (χ0) is 17.9. The van der Waals surface area contributed by atoms with E-state index in [9.17, 15) is 0 Å². The molecule has 6 heteroatoms. The number of nitrogens with one attached hydrogen (secondary N) is 1. The topological polar surface area (TPSA) is 62.9 Å². The summed E-state index contributed by atoms with van der Waals surface area (Å²) >= 11 is 1.72. The van der Waals surface area contributed by atoms with Crippen molar-refractivity contribution in [1.29, 1.82) is 5.53 Å². The number of hydrogen-bond acceptors (Lipinski definition) is 5. The summed E-state index contributed by atoms with van der Waals surface area (Å²) in [6.45, 7) is 3.48. The summed E-state index contributed by atoms with van der Waals surface area (Å²) in [6, 6.07) is 12.6. The van der Waals surface area contributed by atoms with Gasteiger partial charge in [-0.2, -0.15) is 5.53 Å². The quantitative estimate of drug-likeness (QED) is 0.593. The monoisotopic (exact) mass is 368 g/mol. The number of aliphatic hydroxyl groups is 1. The third-order valence-electron chi connectivity index (χ3n) is 5.52. The Morgan fingerprint density at radius 3 is 2.58 bits per heavy atom. The molecule has 5 nitrogen and oxygen atoms in total. The van der Waals surface area contributed by atoms with Crippen LogP contribution in [-0.2, 0) is 6.61 Å².